The molecule has 1 aliphatic rings. The third-order valence-electron chi connectivity index (χ3n) is 7.89. The highest BCUT2D eigenvalue weighted by molar-refractivity contribution is 7.91. The number of rotatable bonds is 10. The minimum atomic E-state index is -4.05. The standard InChI is InChI=1S/C34H33FN4O7S/c1-45-29-19-21(13-15-27(29)35)31(37-23-9-6-8-22(18-23)32(36)40)33(41)39-17-7-12-28(39)26-20-24(38-34(42)46-2)14-16-30(26)47(43,44)25-10-4-3-5-11-25/h3-6,8-11,13-16,18-20,28,31,37H,7,12,17H2,1-2H3,(H2,36,40)(H,38,42)/t28-,31-/m1/s1. The van der Waals surface area contributed by atoms with Gasteiger partial charge < -0.3 is 25.4 Å². The zero-order valence-corrected chi connectivity index (χ0v) is 26.4. The molecule has 11 nitrogen and oxygen atoms in total. The number of methoxy groups -OCH3 is 2. The van der Waals surface area contributed by atoms with E-state index >= 15 is 0 Å². The van der Waals surface area contributed by atoms with Crippen LogP contribution in [0.25, 0.3) is 0 Å². The predicted octanol–water partition coefficient (Wildman–Crippen LogP) is 5.46. The number of carbonyl (C=O) groups excluding carboxylic acids is 3. The van der Waals surface area contributed by atoms with Gasteiger partial charge in [0.1, 0.15) is 6.04 Å². The van der Waals surface area contributed by atoms with Crippen molar-refractivity contribution in [2.24, 2.45) is 5.73 Å². The number of nitrogens with zero attached hydrogens (tertiary/aromatic N) is 1. The molecule has 0 spiro atoms. The van der Waals surface area contributed by atoms with Gasteiger partial charge in [-0.15, -0.1) is 0 Å². The summed E-state index contributed by atoms with van der Waals surface area (Å²) in [5.41, 5.74) is 7.03. The number of likely N-dealkylation sites (tertiary alicyclic amines) is 1. The van der Waals surface area contributed by atoms with Crippen molar-refractivity contribution < 1.29 is 36.7 Å². The topological polar surface area (TPSA) is 157 Å². The SMILES string of the molecule is COC(=O)Nc1ccc(S(=O)(=O)c2ccccc2)c([C@H]2CCCN2C(=O)[C@H](Nc2cccc(C(N)=O)c2)c2ccc(F)c(OC)c2)c1. The molecule has 1 heterocycles. The average Bonchev–Trinajstić information content (AvgIpc) is 3.58. The summed E-state index contributed by atoms with van der Waals surface area (Å²) >= 11 is 0. The Morgan fingerprint density at radius 3 is 2.40 bits per heavy atom. The van der Waals surface area contributed by atoms with Gasteiger partial charge in [0.25, 0.3) is 0 Å². The minimum Gasteiger partial charge on any atom is -0.494 e. The van der Waals surface area contributed by atoms with Crippen LogP contribution in [0, 0.1) is 5.82 Å². The number of anilines is 2. The van der Waals surface area contributed by atoms with Crippen molar-refractivity contribution >= 4 is 39.1 Å². The molecule has 1 saturated heterocycles. The minimum absolute atomic E-state index is 0.0223. The Balaban J connectivity index is 1.61. The van der Waals surface area contributed by atoms with Crippen LogP contribution in [0.2, 0.25) is 0 Å². The van der Waals surface area contributed by atoms with Gasteiger partial charge in [-0.05, 0) is 84.6 Å². The summed E-state index contributed by atoms with van der Waals surface area (Å²) in [7, 11) is -1.54. The van der Waals surface area contributed by atoms with Gasteiger partial charge >= 0.3 is 6.09 Å². The van der Waals surface area contributed by atoms with Crippen LogP contribution in [-0.4, -0.2) is 52.0 Å². The van der Waals surface area contributed by atoms with Gasteiger partial charge in [-0.25, -0.2) is 17.6 Å². The Hall–Kier alpha value is -5.43. The highest BCUT2D eigenvalue weighted by Crippen LogP contribution is 2.41. The number of ether oxygens (including phenoxy) is 2. The molecule has 0 aliphatic carbocycles. The van der Waals surface area contributed by atoms with E-state index in [1.807, 2.05) is 0 Å². The Morgan fingerprint density at radius 1 is 0.936 bits per heavy atom. The van der Waals surface area contributed by atoms with Crippen LogP contribution in [0.1, 0.15) is 46.4 Å². The van der Waals surface area contributed by atoms with Crippen LogP contribution in [0.3, 0.4) is 0 Å². The van der Waals surface area contributed by atoms with Crippen molar-refractivity contribution in [3.8, 4) is 5.75 Å². The van der Waals surface area contributed by atoms with Gasteiger partial charge in [0.15, 0.2) is 11.6 Å². The molecule has 2 atom stereocenters. The maximum atomic E-state index is 14.6. The lowest BCUT2D eigenvalue weighted by Gasteiger charge is -2.31. The molecule has 5 rings (SSSR count). The van der Waals surface area contributed by atoms with Crippen molar-refractivity contribution in [2.75, 3.05) is 31.4 Å². The smallest absolute Gasteiger partial charge is 0.411 e. The van der Waals surface area contributed by atoms with Crippen molar-refractivity contribution in [2.45, 2.75) is 34.7 Å². The Bertz CT molecular complexity index is 1920. The lowest BCUT2D eigenvalue weighted by atomic mass is 10.0. The van der Waals surface area contributed by atoms with E-state index in [1.165, 1.54) is 74.9 Å². The van der Waals surface area contributed by atoms with Gasteiger partial charge in [-0.1, -0.05) is 30.3 Å². The van der Waals surface area contributed by atoms with Crippen molar-refractivity contribution in [3.63, 3.8) is 0 Å². The van der Waals surface area contributed by atoms with Crippen LogP contribution in [0.4, 0.5) is 20.6 Å². The highest BCUT2D eigenvalue weighted by Gasteiger charge is 2.38. The highest BCUT2D eigenvalue weighted by atomic mass is 32.2. The largest absolute Gasteiger partial charge is 0.494 e. The normalized spacial score (nSPS) is 15.0. The summed E-state index contributed by atoms with van der Waals surface area (Å²) in [5, 5.41) is 5.73. The van der Waals surface area contributed by atoms with E-state index < -0.39 is 45.6 Å². The van der Waals surface area contributed by atoms with Crippen molar-refractivity contribution in [1.82, 2.24) is 4.90 Å². The summed E-state index contributed by atoms with van der Waals surface area (Å²) in [6.45, 7) is 0.279. The Morgan fingerprint density at radius 2 is 1.70 bits per heavy atom. The molecule has 4 aromatic carbocycles. The molecule has 0 saturated carbocycles. The fourth-order valence-corrected chi connectivity index (χ4v) is 7.14. The molecule has 13 heteroatoms. The predicted molar refractivity (Wildman–Crippen MR) is 172 cm³/mol. The summed E-state index contributed by atoms with van der Waals surface area (Å²) in [6, 6.07) is 20.8. The molecule has 3 amide bonds. The molecule has 1 fully saturated rings. The number of nitrogens with one attached hydrogen (secondary N) is 2. The van der Waals surface area contributed by atoms with Gasteiger partial charge in [0.05, 0.1) is 30.1 Å². The van der Waals surface area contributed by atoms with Gasteiger partial charge in [0.2, 0.25) is 21.7 Å². The number of hydrogen-bond acceptors (Lipinski definition) is 8. The molecular formula is C34H33FN4O7S. The van der Waals surface area contributed by atoms with Crippen LogP contribution < -0.4 is 21.1 Å². The maximum Gasteiger partial charge on any atom is 0.411 e. The van der Waals surface area contributed by atoms with E-state index in [1.54, 1.807) is 35.2 Å². The monoisotopic (exact) mass is 660 g/mol. The van der Waals surface area contributed by atoms with E-state index in [-0.39, 0.29) is 33.3 Å². The molecule has 4 N–H and O–H groups in total. The molecule has 0 aromatic heterocycles. The number of sulfone groups is 1. The quantitative estimate of drug-likeness (QED) is 0.202. The third kappa shape index (κ3) is 7.04. The number of halogens is 1. The zero-order valence-electron chi connectivity index (χ0n) is 25.6. The maximum absolute atomic E-state index is 14.6. The van der Waals surface area contributed by atoms with Crippen molar-refractivity contribution in [3.05, 3.63) is 114 Å². The summed E-state index contributed by atoms with van der Waals surface area (Å²) in [4.78, 5) is 40.1. The molecule has 0 bridgehead atoms. The first-order chi connectivity index (χ1) is 22.5. The molecular weight excluding hydrogens is 627 g/mol. The fraction of sp³-hybridized carbons (Fsp3) is 0.206. The van der Waals surface area contributed by atoms with E-state index in [4.69, 9.17) is 15.2 Å². The Kier molecular flexibility index (Phi) is 9.75. The summed E-state index contributed by atoms with van der Waals surface area (Å²) in [6.07, 6.45) is 0.218. The number of nitrogens with two attached hydrogens (primary N) is 1. The second kappa shape index (κ2) is 13.9. The first-order valence-electron chi connectivity index (χ1n) is 14.6. The van der Waals surface area contributed by atoms with Crippen LogP contribution in [0.5, 0.6) is 5.75 Å². The van der Waals surface area contributed by atoms with E-state index in [0.717, 1.165) is 0 Å². The number of carbonyl (C=O) groups is 3. The fourth-order valence-electron chi connectivity index (χ4n) is 5.62. The lowest BCUT2D eigenvalue weighted by molar-refractivity contribution is -0.133. The molecule has 244 valence electrons. The lowest BCUT2D eigenvalue weighted by Crippen LogP contribution is -2.38. The molecule has 4 aromatic rings. The molecule has 0 radical (unpaired) electrons. The Labute approximate surface area is 271 Å². The van der Waals surface area contributed by atoms with Crippen molar-refractivity contribution in [1.29, 1.82) is 0 Å². The van der Waals surface area contributed by atoms with Crippen LogP contribution in [0.15, 0.2) is 101 Å². The number of hydrogen-bond donors (Lipinski definition) is 3. The average molecular weight is 661 g/mol. The van der Waals surface area contributed by atoms with Gasteiger partial charge in [0, 0.05) is 23.5 Å². The van der Waals surface area contributed by atoms with E-state index in [2.05, 4.69) is 10.6 Å². The number of primary amides is 1. The summed E-state index contributed by atoms with van der Waals surface area (Å²) in [5.74, 6) is -1.81. The first kappa shape index (κ1) is 32.9. The van der Waals surface area contributed by atoms with Gasteiger partial charge in [-0.3, -0.25) is 14.9 Å². The molecule has 47 heavy (non-hydrogen) atoms. The van der Waals surface area contributed by atoms with Crippen LogP contribution in [-0.2, 0) is 19.4 Å². The molecule has 0 unspecified atom stereocenters. The first-order valence-corrected chi connectivity index (χ1v) is 16.1. The zero-order chi connectivity index (χ0) is 33.7. The third-order valence-corrected chi connectivity index (χ3v) is 9.74. The van der Waals surface area contributed by atoms with E-state index in [9.17, 15) is 27.2 Å². The van der Waals surface area contributed by atoms with E-state index in [0.29, 0.717) is 29.7 Å². The van der Waals surface area contributed by atoms with Crippen LogP contribution >= 0.6 is 0 Å². The van der Waals surface area contributed by atoms with Gasteiger partial charge in [-0.2, -0.15) is 0 Å². The second-order valence-electron chi connectivity index (χ2n) is 10.8. The number of amides is 3. The molecule has 1 aliphatic heterocycles. The number of benzene rings is 4. The summed E-state index contributed by atoms with van der Waals surface area (Å²) < 4.78 is 52.3. The second-order valence-corrected chi connectivity index (χ2v) is 12.7.